The summed E-state index contributed by atoms with van der Waals surface area (Å²) >= 11 is 13.5. The number of hydrogen-bond acceptors (Lipinski definition) is 10. The first-order valence-electron chi connectivity index (χ1n) is 15.3. The number of carbonyl (C=O) groups excluding carboxylic acids is 2. The van der Waals surface area contributed by atoms with E-state index in [1.54, 1.807) is 34.7 Å². The number of carbonyl (C=O) groups is 2. The fourth-order valence-electron chi connectivity index (χ4n) is 5.89. The molecule has 2 N–H and O–H groups in total. The minimum absolute atomic E-state index is 0.0552. The van der Waals surface area contributed by atoms with Gasteiger partial charge in [-0.2, -0.15) is 4.98 Å². The van der Waals surface area contributed by atoms with Crippen molar-refractivity contribution in [1.82, 2.24) is 29.7 Å². The number of methoxy groups -OCH3 is 2. The number of aryl methyl sites for hydroxylation is 1. The van der Waals surface area contributed by atoms with Crippen LogP contribution in [0.15, 0.2) is 35.8 Å². The molecule has 254 valence electrons. The van der Waals surface area contributed by atoms with Crippen LogP contribution in [0.5, 0.6) is 11.5 Å². The maximum Gasteiger partial charge on any atom is 0.298 e. The highest BCUT2D eigenvalue weighted by Crippen LogP contribution is 2.45. The van der Waals surface area contributed by atoms with Crippen molar-refractivity contribution in [3.63, 3.8) is 0 Å². The predicted octanol–water partition coefficient (Wildman–Crippen LogP) is 2.82. The molecule has 3 atom stereocenters. The molecule has 2 aliphatic heterocycles. The number of benzene rings is 1. The number of hydrogen-bond donors (Lipinski definition) is 2. The molecule has 48 heavy (non-hydrogen) atoms. The quantitative estimate of drug-likeness (QED) is 0.240. The SMILES string of the molecule is C=CC(=O)NC1COCC1Nc1ncc2cc(-c3c(Cl)c(OC)cc(OC)c3Cl)c(=O)n(CCC3CN(C(=O)C#CC)CCN3C)c2n1. The van der Waals surface area contributed by atoms with Gasteiger partial charge in [0.1, 0.15) is 17.1 Å². The topological polar surface area (TPSA) is 140 Å². The molecule has 0 spiro atoms. The van der Waals surface area contributed by atoms with Crippen molar-refractivity contribution in [3.8, 4) is 34.5 Å². The monoisotopic (exact) mass is 697 g/mol. The fraction of sp³-hybridized carbons (Fsp3) is 0.424. The molecule has 3 unspecified atom stereocenters. The number of nitrogens with zero attached hydrogens (tertiary/aromatic N) is 5. The molecule has 4 heterocycles. The third kappa shape index (κ3) is 7.22. The van der Waals surface area contributed by atoms with Gasteiger partial charge < -0.3 is 29.7 Å². The van der Waals surface area contributed by atoms with Crippen LogP contribution in [-0.2, 0) is 20.9 Å². The lowest BCUT2D eigenvalue weighted by Gasteiger charge is -2.38. The van der Waals surface area contributed by atoms with Crippen molar-refractivity contribution < 1.29 is 23.8 Å². The van der Waals surface area contributed by atoms with Crippen LogP contribution >= 0.6 is 23.2 Å². The average molecular weight is 699 g/mol. The van der Waals surface area contributed by atoms with Crippen LogP contribution in [0.4, 0.5) is 5.95 Å². The number of likely N-dealkylation sites (N-methyl/N-ethyl adjacent to an activating group) is 1. The highest BCUT2D eigenvalue weighted by molar-refractivity contribution is 6.41. The van der Waals surface area contributed by atoms with E-state index in [1.807, 2.05) is 7.05 Å². The number of anilines is 1. The van der Waals surface area contributed by atoms with Crippen LogP contribution in [0.1, 0.15) is 13.3 Å². The Morgan fingerprint density at radius 3 is 2.52 bits per heavy atom. The predicted molar refractivity (Wildman–Crippen MR) is 184 cm³/mol. The van der Waals surface area contributed by atoms with E-state index in [0.717, 1.165) is 0 Å². The summed E-state index contributed by atoms with van der Waals surface area (Å²) in [6.07, 6.45) is 3.32. The first kappa shape index (κ1) is 35.0. The van der Waals surface area contributed by atoms with E-state index < -0.39 is 5.56 Å². The molecule has 2 fully saturated rings. The van der Waals surface area contributed by atoms with Crippen molar-refractivity contribution in [1.29, 1.82) is 0 Å². The third-order valence-electron chi connectivity index (χ3n) is 8.56. The Kier molecular flexibility index (Phi) is 11.1. The van der Waals surface area contributed by atoms with E-state index in [1.165, 1.54) is 20.3 Å². The Balaban J connectivity index is 1.58. The van der Waals surface area contributed by atoms with Crippen LogP contribution in [-0.4, -0.2) is 108 Å². The van der Waals surface area contributed by atoms with Crippen LogP contribution in [0, 0.1) is 11.8 Å². The molecule has 0 saturated carbocycles. The second kappa shape index (κ2) is 15.3. The summed E-state index contributed by atoms with van der Waals surface area (Å²) in [6, 6.07) is 2.49. The molecule has 13 nitrogen and oxygen atoms in total. The van der Waals surface area contributed by atoms with Gasteiger partial charge in [-0.1, -0.05) is 35.7 Å². The van der Waals surface area contributed by atoms with E-state index in [2.05, 4.69) is 38.9 Å². The van der Waals surface area contributed by atoms with Crippen LogP contribution in [0.25, 0.3) is 22.2 Å². The Morgan fingerprint density at radius 1 is 1.15 bits per heavy atom. The van der Waals surface area contributed by atoms with Crippen molar-refractivity contribution >= 4 is 52.0 Å². The number of fused-ring (bicyclic) bond motifs is 1. The second-order valence-corrected chi connectivity index (χ2v) is 12.2. The molecular formula is C33H37Cl2N7O6. The smallest absolute Gasteiger partial charge is 0.298 e. The summed E-state index contributed by atoms with van der Waals surface area (Å²) in [6.45, 7) is 7.70. The summed E-state index contributed by atoms with van der Waals surface area (Å²) in [5.74, 6) is 5.58. The molecule has 0 bridgehead atoms. The zero-order chi connectivity index (χ0) is 34.5. The fourth-order valence-corrected chi connectivity index (χ4v) is 6.59. The van der Waals surface area contributed by atoms with Crippen molar-refractivity contribution in [3.05, 3.63) is 51.4 Å². The molecule has 0 radical (unpaired) electrons. The summed E-state index contributed by atoms with van der Waals surface area (Å²) in [4.78, 5) is 52.2. The zero-order valence-electron chi connectivity index (χ0n) is 27.1. The number of aromatic nitrogens is 3. The Hall–Kier alpha value is -4.35. The lowest BCUT2D eigenvalue weighted by atomic mass is 10.0. The molecule has 1 aromatic carbocycles. The van der Waals surface area contributed by atoms with Gasteiger partial charge in [-0.15, -0.1) is 0 Å². The van der Waals surface area contributed by atoms with Gasteiger partial charge in [0.2, 0.25) is 11.9 Å². The maximum atomic E-state index is 14.5. The van der Waals surface area contributed by atoms with Gasteiger partial charge in [0.05, 0.1) is 55.1 Å². The molecule has 0 aliphatic carbocycles. The van der Waals surface area contributed by atoms with Crippen LogP contribution in [0.3, 0.4) is 0 Å². The molecular weight excluding hydrogens is 661 g/mol. The van der Waals surface area contributed by atoms with Crippen molar-refractivity contribution in [2.75, 3.05) is 59.4 Å². The molecule has 2 saturated heterocycles. The minimum Gasteiger partial charge on any atom is -0.495 e. The Bertz CT molecular complexity index is 1830. The summed E-state index contributed by atoms with van der Waals surface area (Å²) < 4.78 is 18.1. The van der Waals surface area contributed by atoms with Gasteiger partial charge in [-0.3, -0.25) is 23.9 Å². The van der Waals surface area contributed by atoms with Gasteiger partial charge >= 0.3 is 0 Å². The van der Waals surface area contributed by atoms with Crippen molar-refractivity contribution in [2.45, 2.75) is 38.0 Å². The summed E-state index contributed by atoms with van der Waals surface area (Å²) in [7, 11) is 4.92. The highest BCUT2D eigenvalue weighted by Gasteiger charge is 2.31. The van der Waals surface area contributed by atoms with Crippen LogP contribution in [0.2, 0.25) is 10.0 Å². The van der Waals surface area contributed by atoms with E-state index >= 15 is 0 Å². The first-order valence-corrected chi connectivity index (χ1v) is 16.1. The average Bonchev–Trinajstić information content (AvgIpc) is 3.51. The molecule has 5 rings (SSSR count). The summed E-state index contributed by atoms with van der Waals surface area (Å²) in [5, 5.41) is 6.95. The standard InChI is InChI=1S/C33H37Cl2N7O6/c1-6-8-27(44)41-12-11-40(3)20(16-41)9-10-42-31-19(15-36-33(39-31)38-23-18-48-17-22(23)37-26(43)7-2)13-21(32(42)45)28-29(34)24(46-4)14-25(47-5)30(28)35/h7,13-15,20,22-23H,2,9-12,16-18H2,1,3-5H3,(H,37,43)(H,36,38,39). The van der Waals surface area contributed by atoms with Gasteiger partial charge in [0.15, 0.2) is 0 Å². The number of amides is 2. The van der Waals surface area contributed by atoms with Crippen molar-refractivity contribution in [2.24, 2.45) is 0 Å². The number of pyridine rings is 1. The van der Waals surface area contributed by atoms with E-state index in [-0.39, 0.29) is 75.1 Å². The zero-order valence-corrected chi connectivity index (χ0v) is 28.7. The number of ether oxygens (including phenoxy) is 3. The molecule has 3 aromatic rings. The lowest BCUT2D eigenvalue weighted by molar-refractivity contribution is -0.127. The Labute approximate surface area is 288 Å². The normalized spacial score (nSPS) is 19.4. The van der Waals surface area contributed by atoms with Gasteiger partial charge in [0.25, 0.3) is 11.5 Å². The van der Waals surface area contributed by atoms with Gasteiger partial charge in [-0.25, -0.2) is 4.98 Å². The van der Waals surface area contributed by atoms with E-state index in [0.29, 0.717) is 50.3 Å². The number of nitrogens with one attached hydrogen (secondary N) is 2. The number of rotatable bonds is 10. The largest absolute Gasteiger partial charge is 0.495 e. The Morgan fingerprint density at radius 2 is 1.85 bits per heavy atom. The molecule has 2 aromatic heterocycles. The maximum absolute atomic E-state index is 14.5. The summed E-state index contributed by atoms with van der Waals surface area (Å²) in [5.41, 5.74) is 0.445. The van der Waals surface area contributed by atoms with Gasteiger partial charge in [-0.05, 0) is 38.5 Å². The second-order valence-electron chi connectivity index (χ2n) is 11.4. The highest BCUT2D eigenvalue weighted by atomic mass is 35.5. The first-order chi connectivity index (χ1) is 23.1. The van der Waals surface area contributed by atoms with Gasteiger partial charge in [0, 0.05) is 55.4 Å². The third-order valence-corrected chi connectivity index (χ3v) is 9.31. The molecule has 15 heteroatoms. The molecule has 2 amide bonds. The van der Waals surface area contributed by atoms with E-state index in [9.17, 15) is 14.4 Å². The van der Waals surface area contributed by atoms with Crippen LogP contribution < -0.4 is 25.7 Å². The minimum atomic E-state index is -0.394. The van der Waals surface area contributed by atoms with E-state index in [4.69, 9.17) is 42.4 Å². The number of halogens is 2. The lowest BCUT2D eigenvalue weighted by Crippen LogP contribution is -2.53. The number of piperazine rings is 1. The molecule has 2 aliphatic rings.